The molecule has 0 aromatic heterocycles. The van der Waals surface area contributed by atoms with Crippen molar-refractivity contribution < 1.29 is 0 Å². The van der Waals surface area contributed by atoms with Gasteiger partial charge in [0.1, 0.15) is 0 Å². The predicted molar refractivity (Wildman–Crippen MR) is 273 cm³/mol. The molecule has 1 atom stereocenters. The van der Waals surface area contributed by atoms with Crippen molar-refractivity contribution >= 4 is 69.6 Å². The lowest BCUT2D eigenvalue weighted by Gasteiger charge is -2.35. The third-order valence-electron chi connectivity index (χ3n) is 14.0. The topological polar surface area (TPSA) is 6.48 Å². The minimum absolute atomic E-state index is 0.161. The zero-order chi connectivity index (χ0) is 42.9. The summed E-state index contributed by atoms with van der Waals surface area (Å²) in [6.45, 7) is 7.11. The van der Waals surface area contributed by atoms with E-state index < -0.39 is 0 Å². The summed E-state index contributed by atoms with van der Waals surface area (Å²) in [6.07, 6.45) is 19.2. The minimum Gasteiger partial charge on any atom is -0.312 e. The van der Waals surface area contributed by atoms with Crippen LogP contribution in [0.5, 0.6) is 0 Å². The van der Waals surface area contributed by atoms with E-state index in [9.17, 15) is 0 Å². The molecule has 2 nitrogen and oxygen atoms in total. The Hall–Kier alpha value is -7.68. The fraction of sp³-hybridized carbons (Fsp3) is 0.0968. The van der Waals surface area contributed by atoms with Crippen molar-refractivity contribution in [1.29, 1.82) is 0 Å². The van der Waals surface area contributed by atoms with E-state index in [1.165, 1.54) is 112 Å². The molecule has 306 valence electrons. The van der Waals surface area contributed by atoms with Crippen LogP contribution in [0, 0.1) is 5.92 Å². The molecule has 8 aromatic carbocycles. The molecule has 0 N–H and O–H groups in total. The number of benzene rings is 8. The lowest BCUT2D eigenvalue weighted by molar-refractivity contribution is 0.660. The lowest BCUT2D eigenvalue weighted by atomic mass is 9.81. The molecule has 0 radical (unpaired) electrons. The number of hydrogen-bond donors (Lipinski definition) is 0. The van der Waals surface area contributed by atoms with Gasteiger partial charge in [-0.15, -0.1) is 0 Å². The molecule has 1 unspecified atom stereocenters. The first-order chi connectivity index (χ1) is 31.4. The predicted octanol–water partition coefficient (Wildman–Crippen LogP) is 17.0. The van der Waals surface area contributed by atoms with Crippen molar-refractivity contribution in [2.75, 3.05) is 9.80 Å². The number of rotatable bonds is 5. The van der Waals surface area contributed by atoms with E-state index in [0.29, 0.717) is 5.92 Å². The van der Waals surface area contributed by atoms with E-state index in [1.807, 2.05) is 0 Å². The van der Waals surface area contributed by atoms with Crippen LogP contribution >= 0.6 is 0 Å². The van der Waals surface area contributed by atoms with Gasteiger partial charge < -0.3 is 9.80 Å². The van der Waals surface area contributed by atoms with Crippen LogP contribution in [0.25, 0.3) is 63.4 Å². The van der Waals surface area contributed by atoms with Crippen LogP contribution in [0.1, 0.15) is 66.1 Å². The maximum atomic E-state index is 2.53. The number of hydrogen-bond acceptors (Lipinski definition) is 2. The summed E-state index contributed by atoms with van der Waals surface area (Å²) in [4.78, 5) is 4.96. The van der Waals surface area contributed by atoms with E-state index >= 15 is 0 Å². The van der Waals surface area contributed by atoms with Gasteiger partial charge in [-0.25, -0.2) is 0 Å². The van der Waals surface area contributed by atoms with Crippen molar-refractivity contribution in [1.82, 2.24) is 0 Å². The van der Waals surface area contributed by atoms with Crippen LogP contribution in [0.3, 0.4) is 0 Å². The molecule has 0 saturated heterocycles. The molecule has 0 spiro atoms. The Balaban J connectivity index is 0.838. The first-order valence-electron chi connectivity index (χ1n) is 22.6. The van der Waals surface area contributed by atoms with Crippen molar-refractivity contribution in [3.63, 3.8) is 0 Å². The van der Waals surface area contributed by atoms with Gasteiger partial charge in [-0.2, -0.15) is 0 Å². The Morgan fingerprint density at radius 1 is 0.469 bits per heavy atom. The van der Waals surface area contributed by atoms with E-state index in [1.54, 1.807) is 0 Å². The molecule has 64 heavy (non-hydrogen) atoms. The van der Waals surface area contributed by atoms with Crippen LogP contribution in [0.15, 0.2) is 199 Å². The molecule has 2 heteroatoms. The maximum Gasteiger partial charge on any atom is 0.0537 e. The van der Waals surface area contributed by atoms with Crippen LogP contribution < -0.4 is 9.80 Å². The smallest absolute Gasteiger partial charge is 0.0537 e. The third kappa shape index (κ3) is 6.16. The molecule has 2 aliphatic heterocycles. The quantitative estimate of drug-likeness (QED) is 0.160. The fourth-order valence-corrected chi connectivity index (χ4v) is 10.7. The Kier molecular flexibility index (Phi) is 8.91. The third-order valence-corrected chi connectivity index (χ3v) is 14.0. The molecule has 0 saturated carbocycles. The summed E-state index contributed by atoms with van der Waals surface area (Å²) in [5.74, 6) is 0.397. The summed E-state index contributed by atoms with van der Waals surface area (Å²) < 4.78 is 0. The first-order valence-corrected chi connectivity index (χ1v) is 22.6. The molecule has 0 bridgehead atoms. The van der Waals surface area contributed by atoms with Gasteiger partial charge in [-0.1, -0.05) is 203 Å². The minimum atomic E-state index is -0.161. The molecule has 8 aromatic rings. The summed E-state index contributed by atoms with van der Waals surface area (Å²) in [5, 5.41) is 2.51. The van der Waals surface area contributed by atoms with Gasteiger partial charge in [0.2, 0.25) is 0 Å². The highest BCUT2D eigenvalue weighted by molar-refractivity contribution is 6.06. The summed E-state index contributed by atoms with van der Waals surface area (Å²) >= 11 is 0. The zero-order valence-electron chi connectivity index (χ0n) is 36.5. The molecule has 2 aliphatic carbocycles. The number of allylic oxidation sites excluding steroid dienone is 5. The van der Waals surface area contributed by atoms with Crippen LogP contribution in [0.2, 0.25) is 0 Å². The summed E-state index contributed by atoms with van der Waals surface area (Å²) in [7, 11) is 0. The van der Waals surface area contributed by atoms with Gasteiger partial charge in [0.15, 0.2) is 0 Å². The Labute approximate surface area is 376 Å². The van der Waals surface area contributed by atoms with Gasteiger partial charge in [-0.05, 0) is 115 Å². The van der Waals surface area contributed by atoms with Gasteiger partial charge in [0.25, 0.3) is 0 Å². The molecule has 2 heterocycles. The largest absolute Gasteiger partial charge is 0.312 e. The van der Waals surface area contributed by atoms with E-state index in [-0.39, 0.29) is 5.41 Å². The first kappa shape index (κ1) is 38.0. The van der Waals surface area contributed by atoms with Crippen LogP contribution in [0.4, 0.5) is 28.4 Å². The highest BCUT2D eigenvalue weighted by atomic mass is 15.2. The Morgan fingerprint density at radius 2 is 1.02 bits per heavy atom. The molecule has 12 rings (SSSR count). The summed E-state index contributed by atoms with van der Waals surface area (Å²) in [6, 6.07) is 62.9. The van der Waals surface area contributed by atoms with Crippen LogP contribution in [-0.2, 0) is 5.41 Å². The van der Waals surface area contributed by atoms with Crippen molar-refractivity contribution in [3.8, 4) is 22.3 Å². The maximum absolute atomic E-state index is 2.53. The number of para-hydroxylation sites is 3. The lowest BCUT2D eigenvalue weighted by Crippen LogP contribution is -2.24. The monoisotopic (exact) mass is 820 g/mol. The highest BCUT2D eigenvalue weighted by Gasteiger charge is 2.36. The van der Waals surface area contributed by atoms with E-state index in [0.717, 1.165) is 6.42 Å². The Bertz CT molecular complexity index is 3300. The average molecular weight is 821 g/mol. The fourth-order valence-electron chi connectivity index (χ4n) is 10.7. The second-order valence-electron chi connectivity index (χ2n) is 18.2. The van der Waals surface area contributed by atoms with Gasteiger partial charge in [0, 0.05) is 28.1 Å². The SMILES string of the molecule is CC1CC=CC2=C1N(c1ccc(-c3ccc(C=Cc4ccc5c(c4)C(C)(C)c4cc(N6c7ccccc7C=Cc7ccccc76)ccc4-5)cc3)c3ccccc13)c1ccccc1C=C2. The van der Waals surface area contributed by atoms with Gasteiger partial charge >= 0.3 is 0 Å². The summed E-state index contributed by atoms with van der Waals surface area (Å²) in [5.41, 5.74) is 22.4. The highest BCUT2D eigenvalue weighted by Crippen LogP contribution is 2.52. The second-order valence-corrected chi connectivity index (χ2v) is 18.2. The standard InChI is InChI=1S/C62H48N2/c1-41-13-12-17-48-33-32-47-16-6-11-22-59(47)64(61(41)48)60-38-37-50(51-18-7-8-19-54(51)60)44-28-25-42(26-29-44)23-24-43-27-35-52-53-36-34-49(40-56(53)62(2,3)55(52)39-43)63-57-20-9-4-14-45(57)30-31-46-15-5-10-21-58(46)63/h4-12,14-41H,13H2,1-3H3. The molecular weight excluding hydrogens is 773 g/mol. The van der Waals surface area contributed by atoms with Gasteiger partial charge in [-0.3, -0.25) is 0 Å². The normalized spacial score (nSPS) is 16.5. The molecule has 0 fully saturated rings. The van der Waals surface area contributed by atoms with E-state index in [2.05, 4.69) is 249 Å². The second kappa shape index (κ2) is 15.0. The number of nitrogens with zero attached hydrogens (tertiary/aromatic N) is 2. The number of fused-ring (bicyclic) bond motifs is 7. The molecular formula is C62H48N2. The van der Waals surface area contributed by atoms with E-state index in [4.69, 9.17) is 0 Å². The van der Waals surface area contributed by atoms with Gasteiger partial charge in [0.05, 0.1) is 22.7 Å². The van der Waals surface area contributed by atoms with Crippen LogP contribution in [-0.4, -0.2) is 0 Å². The zero-order valence-corrected chi connectivity index (χ0v) is 36.5. The van der Waals surface area contributed by atoms with Crippen molar-refractivity contribution in [2.45, 2.75) is 32.6 Å². The van der Waals surface area contributed by atoms with Crippen molar-refractivity contribution in [3.05, 3.63) is 238 Å². The molecule has 4 aliphatic rings. The number of anilines is 5. The average Bonchev–Trinajstić information content (AvgIpc) is 3.46. The van der Waals surface area contributed by atoms with Crippen molar-refractivity contribution in [2.24, 2.45) is 5.92 Å². The Morgan fingerprint density at radius 3 is 1.72 bits per heavy atom. The molecule has 0 amide bonds.